The van der Waals surface area contributed by atoms with Gasteiger partial charge in [0.25, 0.3) is 0 Å². The van der Waals surface area contributed by atoms with Gasteiger partial charge in [0.15, 0.2) is 0 Å². The minimum absolute atomic E-state index is 0.354. The lowest BCUT2D eigenvalue weighted by Gasteiger charge is -2.30. The number of benzene rings is 1. The van der Waals surface area contributed by atoms with Crippen molar-refractivity contribution in [2.45, 2.75) is 45.1 Å². The van der Waals surface area contributed by atoms with Gasteiger partial charge < -0.3 is 10.4 Å². The molecule has 1 aromatic carbocycles. The minimum Gasteiger partial charge on any atom is -0.385 e. The van der Waals surface area contributed by atoms with E-state index in [0.29, 0.717) is 5.92 Å². The van der Waals surface area contributed by atoms with Crippen molar-refractivity contribution < 1.29 is 5.11 Å². The van der Waals surface area contributed by atoms with Crippen molar-refractivity contribution in [3.05, 3.63) is 29.8 Å². The molecule has 2 nitrogen and oxygen atoms in total. The SMILES string of the molecule is CCCNc1ccccc1[C@@]1(O)CCC[C@@H]1C. The molecule has 0 aromatic heterocycles. The zero-order valence-corrected chi connectivity index (χ0v) is 10.9. The summed E-state index contributed by atoms with van der Waals surface area (Å²) in [7, 11) is 0. The monoisotopic (exact) mass is 233 g/mol. The van der Waals surface area contributed by atoms with Crippen molar-refractivity contribution in [3.8, 4) is 0 Å². The van der Waals surface area contributed by atoms with Crippen LogP contribution in [0.4, 0.5) is 5.69 Å². The highest BCUT2D eigenvalue weighted by Crippen LogP contribution is 2.45. The third-order valence-corrected chi connectivity index (χ3v) is 3.97. The maximum Gasteiger partial charge on any atom is 0.0941 e. The molecule has 1 saturated carbocycles. The van der Waals surface area contributed by atoms with Gasteiger partial charge in [-0.15, -0.1) is 0 Å². The number of rotatable bonds is 4. The fourth-order valence-corrected chi connectivity index (χ4v) is 2.84. The third kappa shape index (κ3) is 2.32. The van der Waals surface area contributed by atoms with Gasteiger partial charge in [-0.1, -0.05) is 32.0 Å². The average molecular weight is 233 g/mol. The Labute approximate surface area is 104 Å². The van der Waals surface area contributed by atoms with Crippen LogP contribution in [0.15, 0.2) is 24.3 Å². The van der Waals surface area contributed by atoms with Crippen molar-refractivity contribution >= 4 is 5.69 Å². The zero-order valence-electron chi connectivity index (χ0n) is 10.9. The Morgan fingerprint density at radius 2 is 2.18 bits per heavy atom. The molecule has 1 aliphatic carbocycles. The summed E-state index contributed by atoms with van der Waals surface area (Å²) in [5, 5.41) is 14.3. The highest BCUT2D eigenvalue weighted by atomic mass is 16.3. The van der Waals surface area contributed by atoms with Gasteiger partial charge in [0.05, 0.1) is 5.60 Å². The molecular weight excluding hydrogens is 210 g/mol. The Morgan fingerprint density at radius 3 is 2.82 bits per heavy atom. The summed E-state index contributed by atoms with van der Waals surface area (Å²) >= 11 is 0. The molecule has 0 heterocycles. The van der Waals surface area contributed by atoms with Crippen LogP contribution in [0.25, 0.3) is 0 Å². The number of nitrogens with one attached hydrogen (secondary N) is 1. The number of aliphatic hydroxyl groups is 1. The van der Waals surface area contributed by atoms with Crippen molar-refractivity contribution in [2.24, 2.45) is 5.92 Å². The van der Waals surface area contributed by atoms with E-state index in [1.165, 1.54) is 0 Å². The summed E-state index contributed by atoms with van der Waals surface area (Å²) < 4.78 is 0. The second-order valence-corrected chi connectivity index (χ2v) is 5.19. The van der Waals surface area contributed by atoms with Crippen LogP contribution in [0.1, 0.15) is 45.1 Å². The van der Waals surface area contributed by atoms with E-state index < -0.39 is 5.60 Å². The smallest absolute Gasteiger partial charge is 0.0941 e. The normalized spacial score (nSPS) is 28.3. The molecule has 0 unspecified atom stereocenters. The first kappa shape index (κ1) is 12.4. The first-order chi connectivity index (χ1) is 8.18. The highest BCUT2D eigenvalue weighted by Gasteiger charge is 2.40. The molecule has 0 spiro atoms. The first-order valence-corrected chi connectivity index (χ1v) is 6.74. The van der Waals surface area contributed by atoms with Crippen molar-refractivity contribution in [1.82, 2.24) is 0 Å². The van der Waals surface area contributed by atoms with Crippen LogP contribution in [-0.2, 0) is 5.60 Å². The lowest BCUT2D eigenvalue weighted by molar-refractivity contribution is 0.00516. The molecule has 0 bridgehead atoms. The lowest BCUT2D eigenvalue weighted by Crippen LogP contribution is -2.29. The van der Waals surface area contributed by atoms with Crippen LogP contribution in [0.3, 0.4) is 0 Å². The predicted octanol–water partition coefficient (Wildman–Crippen LogP) is 3.52. The number of hydrogen-bond acceptors (Lipinski definition) is 2. The summed E-state index contributed by atoms with van der Waals surface area (Å²) in [6, 6.07) is 8.20. The van der Waals surface area contributed by atoms with Crippen molar-refractivity contribution in [3.63, 3.8) is 0 Å². The molecule has 2 heteroatoms. The molecule has 0 aliphatic heterocycles. The molecule has 17 heavy (non-hydrogen) atoms. The van der Waals surface area contributed by atoms with E-state index in [4.69, 9.17) is 0 Å². The molecule has 0 saturated heterocycles. The molecule has 1 aromatic rings. The van der Waals surface area contributed by atoms with E-state index in [9.17, 15) is 5.11 Å². The Kier molecular flexibility index (Phi) is 3.72. The first-order valence-electron chi connectivity index (χ1n) is 6.74. The summed E-state index contributed by atoms with van der Waals surface area (Å²) in [6.07, 6.45) is 4.24. The molecule has 0 radical (unpaired) electrons. The summed E-state index contributed by atoms with van der Waals surface area (Å²) in [4.78, 5) is 0. The molecule has 1 aliphatic rings. The Balaban J connectivity index is 2.30. The summed E-state index contributed by atoms with van der Waals surface area (Å²) in [5.41, 5.74) is 1.56. The van der Waals surface area contributed by atoms with Crippen LogP contribution >= 0.6 is 0 Å². The molecule has 2 N–H and O–H groups in total. The quantitative estimate of drug-likeness (QED) is 0.834. The summed E-state index contributed by atoms with van der Waals surface area (Å²) in [5.74, 6) is 0.354. The highest BCUT2D eigenvalue weighted by molar-refractivity contribution is 5.54. The standard InChI is InChI=1S/C15H23NO/c1-3-11-16-14-9-5-4-8-13(14)15(17)10-6-7-12(15)2/h4-5,8-9,12,16-17H,3,6-7,10-11H2,1-2H3/t12-,15+/m0/s1. The maximum atomic E-state index is 10.9. The Morgan fingerprint density at radius 1 is 1.41 bits per heavy atom. The topological polar surface area (TPSA) is 32.3 Å². The van der Waals surface area contributed by atoms with Crippen LogP contribution in [-0.4, -0.2) is 11.7 Å². The van der Waals surface area contributed by atoms with Crippen LogP contribution in [0, 0.1) is 5.92 Å². The lowest BCUT2D eigenvalue weighted by atomic mass is 9.84. The molecule has 0 amide bonds. The van der Waals surface area contributed by atoms with Gasteiger partial charge in [-0.3, -0.25) is 0 Å². The molecule has 1 fully saturated rings. The Bertz CT molecular complexity index is 377. The number of anilines is 1. The molecular formula is C15H23NO. The van der Waals surface area contributed by atoms with Gasteiger partial charge in [0.1, 0.15) is 0 Å². The van der Waals surface area contributed by atoms with Crippen LogP contribution < -0.4 is 5.32 Å². The number of hydrogen-bond donors (Lipinski definition) is 2. The van der Waals surface area contributed by atoms with Crippen molar-refractivity contribution in [1.29, 1.82) is 0 Å². The Hall–Kier alpha value is -1.02. The van der Waals surface area contributed by atoms with Gasteiger partial charge >= 0.3 is 0 Å². The van der Waals surface area contributed by atoms with Gasteiger partial charge in [-0.05, 0) is 37.7 Å². The summed E-state index contributed by atoms with van der Waals surface area (Å²) in [6.45, 7) is 5.27. The van der Waals surface area contributed by atoms with Gasteiger partial charge in [-0.2, -0.15) is 0 Å². The minimum atomic E-state index is -0.628. The van der Waals surface area contributed by atoms with Gasteiger partial charge in [0.2, 0.25) is 0 Å². The van der Waals surface area contributed by atoms with E-state index >= 15 is 0 Å². The molecule has 94 valence electrons. The van der Waals surface area contributed by atoms with Crippen molar-refractivity contribution in [2.75, 3.05) is 11.9 Å². The molecule has 2 rings (SSSR count). The van der Waals surface area contributed by atoms with E-state index in [-0.39, 0.29) is 0 Å². The van der Waals surface area contributed by atoms with Crippen LogP contribution in [0.5, 0.6) is 0 Å². The third-order valence-electron chi connectivity index (χ3n) is 3.97. The van der Waals surface area contributed by atoms with E-state index in [1.54, 1.807) is 0 Å². The van der Waals surface area contributed by atoms with Crippen LogP contribution in [0.2, 0.25) is 0 Å². The zero-order chi connectivity index (χ0) is 12.3. The van der Waals surface area contributed by atoms with Gasteiger partial charge in [0, 0.05) is 17.8 Å². The van der Waals surface area contributed by atoms with Gasteiger partial charge in [-0.25, -0.2) is 0 Å². The van der Waals surface area contributed by atoms with E-state index in [2.05, 4.69) is 31.3 Å². The molecule has 2 atom stereocenters. The average Bonchev–Trinajstić information content (AvgIpc) is 2.68. The van der Waals surface area contributed by atoms with E-state index in [1.807, 2.05) is 12.1 Å². The predicted molar refractivity (Wildman–Crippen MR) is 72.1 cm³/mol. The largest absolute Gasteiger partial charge is 0.385 e. The second-order valence-electron chi connectivity index (χ2n) is 5.19. The fourth-order valence-electron chi connectivity index (χ4n) is 2.84. The number of para-hydroxylation sites is 1. The fraction of sp³-hybridized carbons (Fsp3) is 0.600. The second kappa shape index (κ2) is 5.09. The van der Waals surface area contributed by atoms with E-state index in [0.717, 1.165) is 43.5 Å². The maximum absolute atomic E-state index is 10.9.